The first-order valence-electron chi connectivity index (χ1n) is 6.01. The van der Waals surface area contributed by atoms with Crippen LogP contribution in [0.4, 0.5) is 5.82 Å². The lowest BCUT2D eigenvalue weighted by Crippen LogP contribution is -2.34. The molecule has 0 bridgehead atoms. The number of hydrogen-bond acceptors (Lipinski definition) is 3. The number of pyridine rings is 1. The molecule has 2 atom stereocenters. The van der Waals surface area contributed by atoms with Crippen molar-refractivity contribution in [3.05, 3.63) is 23.9 Å². The summed E-state index contributed by atoms with van der Waals surface area (Å²) in [7, 11) is 0. The van der Waals surface area contributed by atoms with Gasteiger partial charge in [0.05, 0.1) is 6.10 Å². The molecule has 0 amide bonds. The van der Waals surface area contributed by atoms with Crippen molar-refractivity contribution < 1.29 is 5.11 Å². The summed E-state index contributed by atoms with van der Waals surface area (Å²) in [5.41, 5.74) is 0.907. The normalized spacial score (nSPS) is 14.6. The van der Waals surface area contributed by atoms with Gasteiger partial charge in [-0.25, -0.2) is 4.98 Å². The fourth-order valence-electron chi connectivity index (χ4n) is 1.87. The van der Waals surface area contributed by atoms with Crippen molar-refractivity contribution in [2.24, 2.45) is 0 Å². The minimum absolute atomic E-state index is 0.442. The second-order valence-corrected chi connectivity index (χ2v) is 4.14. The molecule has 16 heavy (non-hydrogen) atoms. The van der Waals surface area contributed by atoms with Gasteiger partial charge in [-0.3, -0.25) is 0 Å². The number of anilines is 1. The molecule has 0 saturated heterocycles. The Bertz CT molecular complexity index is 325. The Morgan fingerprint density at radius 3 is 2.56 bits per heavy atom. The summed E-state index contributed by atoms with van der Waals surface area (Å²) in [5, 5.41) is 9.74. The van der Waals surface area contributed by atoms with Crippen molar-refractivity contribution in [1.29, 1.82) is 0 Å². The molecule has 3 nitrogen and oxygen atoms in total. The van der Waals surface area contributed by atoms with E-state index >= 15 is 0 Å². The van der Waals surface area contributed by atoms with Crippen LogP contribution in [0, 0.1) is 0 Å². The summed E-state index contributed by atoms with van der Waals surface area (Å²) in [6.07, 6.45) is 2.39. The molecule has 1 rings (SSSR count). The van der Waals surface area contributed by atoms with E-state index in [1.54, 1.807) is 13.1 Å². The van der Waals surface area contributed by atoms with Crippen LogP contribution < -0.4 is 4.90 Å². The summed E-state index contributed by atoms with van der Waals surface area (Å²) >= 11 is 0. The second-order valence-electron chi connectivity index (χ2n) is 4.14. The summed E-state index contributed by atoms with van der Waals surface area (Å²) in [4.78, 5) is 6.64. The van der Waals surface area contributed by atoms with Gasteiger partial charge in [0, 0.05) is 24.3 Å². The van der Waals surface area contributed by atoms with Gasteiger partial charge in [-0.15, -0.1) is 0 Å². The van der Waals surface area contributed by atoms with Crippen molar-refractivity contribution >= 4 is 5.82 Å². The summed E-state index contributed by atoms with van der Waals surface area (Å²) in [6.45, 7) is 9.16. The first kappa shape index (κ1) is 13.0. The van der Waals surface area contributed by atoms with Crippen LogP contribution in [-0.4, -0.2) is 22.7 Å². The maximum atomic E-state index is 9.74. The molecular weight excluding hydrogens is 200 g/mol. The predicted molar refractivity (Wildman–Crippen MR) is 67.6 cm³/mol. The van der Waals surface area contributed by atoms with Crippen molar-refractivity contribution in [2.45, 2.75) is 46.3 Å². The Morgan fingerprint density at radius 1 is 1.38 bits per heavy atom. The van der Waals surface area contributed by atoms with Crippen LogP contribution in [0.15, 0.2) is 18.3 Å². The Morgan fingerprint density at radius 2 is 2.06 bits per heavy atom. The van der Waals surface area contributed by atoms with Crippen LogP contribution in [0.1, 0.15) is 45.8 Å². The second kappa shape index (κ2) is 5.85. The van der Waals surface area contributed by atoms with E-state index in [1.807, 2.05) is 12.1 Å². The Labute approximate surface area is 98.1 Å². The predicted octanol–water partition coefficient (Wildman–Crippen LogP) is 2.76. The third-order valence-corrected chi connectivity index (χ3v) is 3.00. The van der Waals surface area contributed by atoms with Gasteiger partial charge < -0.3 is 10.0 Å². The van der Waals surface area contributed by atoms with Crippen molar-refractivity contribution in [1.82, 2.24) is 4.98 Å². The molecular formula is C13H22N2O. The SMILES string of the molecule is CCC(C)N(CC)c1ncccc1C(C)O. The molecule has 1 aromatic rings. The van der Waals surface area contributed by atoms with Gasteiger partial charge in [-0.05, 0) is 33.3 Å². The van der Waals surface area contributed by atoms with Gasteiger partial charge in [-0.1, -0.05) is 13.0 Å². The molecule has 0 aromatic carbocycles. The van der Waals surface area contributed by atoms with E-state index < -0.39 is 6.10 Å². The number of aliphatic hydroxyl groups excluding tert-OH is 1. The first-order valence-corrected chi connectivity index (χ1v) is 6.01. The quantitative estimate of drug-likeness (QED) is 0.832. The molecule has 3 heteroatoms. The maximum absolute atomic E-state index is 9.74. The first-order chi connectivity index (χ1) is 7.61. The highest BCUT2D eigenvalue weighted by Gasteiger charge is 2.17. The summed E-state index contributed by atoms with van der Waals surface area (Å²) in [6, 6.07) is 4.26. The van der Waals surface area contributed by atoms with Gasteiger partial charge in [-0.2, -0.15) is 0 Å². The van der Waals surface area contributed by atoms with Crippen LogP contribution in [0.2, 0.25) is 0 Å². The summed E-state index contributed by atoms with van der Waals surface area (Å²) < 4.78 is 0. The third-order valence-electron chi connectivity index (χ3n) is 3.00. The van der Waals surface area contributed by atoms with Crippen molar-refractivity contribution in [3.8, 4) is 0 Å². The molecule has 1 N–H and O–H groups in total. The highest BCUT2D eigenvalue weighted by Crippen LogP contribution is 2.25. The molecule has 0 fully saturated rings. The molecule has 90 valence electrons. The van der Waals surface area contributed by atoms with Crippen LogP contribution in [0.25, 0.3) is 0 Å². The van der Waals surface area contributed by atoms with Gasteiger partial charge in [0.25, 0.3) is 0 Å². The molecule has 0 spiro atoms. The van der Waals surface area contributed by atoms with Crippen LogP contribution in [-0.2, 0) is 0 Å². The van der Waals surface area contributed by atoms with E-state index in [9.17, 15) is 5.11 Å². The number of rotatable bonds is 5. The van der Waals surface area contributed by atoms with Gasteiger partial charge in [0.15, 0.2) is 0 Å². The molecule has 1 heterocycles. The van der Waals surface area contributed by atoms with Gasteiger partial charge in [0.2, 0.25) is 0 Å². The Kier molecular flexibility index (Phi) is 4.74. The number of nitrogens with zero attached hydrogens (tertiary/aromatic N) is 2. The number of hydrogen-bond donors (Lipinski definition) is 1. The van der Waals surface area contributed by atoms with E-state index in [0.29, 0.717) is 6.04 Å². The third kappa shape index (κ3) is 2.73. The zero-order chi connectivity index (χ0) is 12.1. The number of aromatic nitrogens is 1. The molecule has 1 aromatic heterocycles. The van der Waals surface area contributed by atoms with Crippen LogP contribution in [0.5, 0.6) is 0 Å². The molecule has 0 aliphatic carbocycles. The monoisotopic (exact) mass is 222 g/mol. The standard InChI is InChI=1S/C13H22N2O/c1-5-10(3)15(6-2)13-12(11(4)16)8-7-9-14-13/h7-11,16H,5-6H2,1-4H3. The fourth-order valence-corrected chi connectivity index (χ4v) is 1.87. The smallest absolute Gasteiger partial charge is 0.134 e. The average molecular weight is 222 g/mol. The minimum Gasteiger partial charge on any atom is -0.389 e. The zero-order valence-corrected chi connectivity index (χ0v) is 10.6. The van der Waals surface area contributed by atoms with Crippen LogP contribution >= 0.6 is 0 Å². The molecule has 2 unspecified atom stereocenters. The van der Waals surface area contributed by atoms with E-state index in [4.69, 9.17) is 0 Å². The average Bonchev–Trinajstić information content (AvgIpc) is 2.30. The van der Waals surface area contributed by atoms with E-state index in [1.165, 1.54) is 0 Å². The van der Waals surface area contributed by atoms with Crippen molar-refractivity contribution in [3.63, 3.8) is 0 Å². The van der Waals surface area contributed by atoms with Crippen molar-refractivity contribution in [2.75, 3.05) is 11.4 Å². The zero-order valence-electron chi connectivity index (χ0n) is 10.6. The highest BCUT2D eigenvalue weighted by molar-refractivity contribution is 5.48. The lowest BCUT2D eigenvalue weighted by Gasteiger charge is -2.30. The van der Waals surface area contributed by atoms with Gasteiger partial charge in [0.1, 0.15) is 5.82 Å². The van der Waals surface area contributed by atoms with Crippen LogP contribution in [0.3, 0.4) is 0 Å². The summed E-state index contributed by atoms with van der Waals surface area (Å²) in [5.74, 6) is 0.911. The van der Waals surface area contributed by atoms with Gasteiger partial charge >= 0.3 is 0 Å². The lowest BCUT2D eigenvalue weighted by atomic mass is 10.1. The molecule has 0 radical (unpaired) electrons. The molecule has 0 aliphatic heterocycles. The maximum Gasteiger partial charge on any atom is 0.134 e. The highest BCUT2D eigenvalue weighted by atomic mass is 16.3. The Balaban J connectivity index is 3.09. The largest absolute Gasteiger partial charge is 0.389 e. The number of aliphatic hydroxyl groups is 1. The topological polar surface area (TPSA) is 36.4 Å². The fraction of sp³-hybridized carbons (Fsp3) is 0.615. The van der Waals surface area contributed by atoms with E-state index in [-0.39, 0.29) is 0 Å². The molecule has 0 saturated carbocycles. The minimum atomic E-state index is -0.471. The Hall–Kier alpha value is -1.09. The van der Waals surface area contributed by atoms with E-state index in [2.05, 4.69) is 30.7 Å². The lowest BCUT2D eigenvalue weighted by molar-refractivity contribution is 0.199. The molecule has 0 aliphatic rings. The van der Waals surface area contributed by atoms with E-state index in [0.717, 1.165) is 24.3 Å².